The number of hydrogen-bond acceptors (Lipinski definition) is 9. The Morgan fingerprint density at radius 1 is 1.09 bits per heavy atom. The van der Waals surface area contributed by atoms with Crippen LogP contribution in [0.2, 0.25) is 0 Å². The maximum Gasteiger partial charge on any atom is 0.246 e. The van der Waals surface area contributed by atoms with E-state index in [0.717, 1.165) is 16.8 Å². The van der Waals surface area contributed by atoms with Gasteiger partial charge in [-0.25, -0.2) is 4.98 Å². The van der Waals surface area contributed by atoms with Crippen LogP contribution in [0.1, 0.15) is 19.4 Å². The number of nitrogen functional groups attached to an aromatic ring is 1. The third kappa shape index (κ3) is 5.22. The number of H-pyrrole nitrogens is 1. The van der Waals surface area contributed by atoms with Crippen LogP contribution in [0.3, 0.4) is 0 Å². The van der Waals surface area contributed by atoms with E-state index in [0.29, 0.717) is 34.4 Å². The molecule has 2 aromatic carbocycles. The van der Waals surface area contributed by atoms with E-state index >= 15 is 0 Å². The van der Waals surface area contributed by atoms with E-state index in [4.69, 9.17) is 10.5 Å². The third-order valence-electron chi connectivity index (χ3n) is 4.84. The maximum absolute atomic E-state index is 9.37. The zero-order valence-electron chi connectivity index (χ0n) is 18.3. The number of nitrogens with zero attached hydrogens (tertiary/aromatic N) is 5. The summed E-state index contributed by atoms with van der Waals surface area (Å²) < 4.78 is 5.80. The molecule has 0 aliphatic rings. The molecule has 0 radical (unpaired) electrons. The van der Waals surface area contributed by atoms with Gasteiger partial charge >= 0.3 is 0 Å². The van der Waals surface area contributed by atoms with Crippen LogP contribution < -0.4 is 15.8 Å². The molecule has 0 bridgehead atoms. The van der Waals surface area contributed by atoms with Crippen molar-refractivity contribution in [3.63, 3.8) is 0 Å². The van der Waals surface area contributed by atoms with Gasteiger partial charge in [0.05, 0.1) is 11.5 Å². The van der Waals surface area contributed by atoms with Crippen LogP contribution in [0.5, 0.6) is 11.6 Å². The highest BCUT2D eigenvalue weighted by Crippen LogP contribution is 2.28. The molecular formula is C23H22N8OS. The molecule has 0 atom stereocenters. The highest BCUT2D eigenvalue weighted by atomic mass is 32.2. The van der Waals surface area contributed by atoms with E-state index < -0.39 is 5.41 Å². The summed E-state index contributed by atoms with van der Waals surface area (Å²) in [4.78, 5) is 12.9. The Hall–Kier alpha value is -4.10. The fourth-order valence-corrected chi connectivity index (χ4v) is 3.37. The number of ether oxygens (including phenoxy) is 1. The van der Waals surface area contributed by atoms with Crippen molar-refractivity contribution in [3.8, 4) is 29.1 Å². The van der Waals surface area contributed by atoms with Crippen molar-refractivity contribution in [3.05, 3.63) is 60.2 Å². The van der Waals surface area contributed by atoms with Gasteiger partial charge in [-0.1, -0.05) is 23.9 Å². The largest absolute Gasteiger partial charge is 0.439 e. The number of nitriles is 1. The number of aromatic amines is 1. The Morgan fingerprint density at radius 2 is 1.88 bits per heavy atom. The summed E-state index contributed by atoms with van der Waals surface area (Å²) in [5.74, 6) is 2.38. The Labute approximate surface area is 195 Å². The molecule has 0 saturated carbocycles. The van der Waals surface area contributed by atoms with Crippen LogP contribution in [0.15, 0.2) is 59.8 Å². The normalized spacial score (nSPS) is 11.1. The minimum absolute atomic E-state index is 0.351. The summed E-state index contributed by atoms with van der Waals surface area (Å²) in [7, 11) is 0. The van der Waals surface area contributed by atoms with Crippen molar-refractivity contribution < 1.29 is 4.74 Å². The monoisotopic (exact) mass is 458 g/mol. The summed E-state index contributed by atoms with van der Waals surface area (Å²) in [6.45, 7) is 3.76. The molecule has 0 saturated heterocycles. The van der Waals surface area contributed by atoms with Gasteiger partial charge in [0.2, 0.25) is 11.8 Å². The molecule has 33 heavy (non-hydrogen) atoms. The predicted molar refractivity (Wildman–Crippen MR) is 128 cm³/mol. The van der Waals surface area contributed by atoms with Gasteiger partial charge in [0.15, 0.2) is 11.0 Å². The van der Waals surface area contributed by atoms with Crippen molar-refractivity contribution >= 4 is 29.2 Å². The van der Waals surface area contributed by atoms with Crippen LogP contribution in [0.25, 0.3) is 11.4 Å². The van der Waals surface area contributed by atoms with Gasteiger partial charge in [-0.15, -0.1) is 5.10 Å². The van der Waals surface area contributed by atoms with E-state index in [9.17, 15) is 5.26 Å². The van der Waals surface area contributed by atoms with Gasteiger partial charge in [-0.05, 0) is 62.1 Å². The Balaban J connectivity index is 1.47. The number of anilines is 3. The van der Waals surface area contributed by atoms with Gasteiger partial charge < -0.3 is 15.8 Å². The molecule has 0 unspecified atom stereocenters. The van der Waals surface area contributed by atoms with Crippen molar-refractivity contribution in [2.24, 2.45) is 0 Å². The van der Waals surface area contributed by atoms with E-state index in [-0.39, 0.29) is 0 Å². The fraction of sp³-hybridized carbons (Fsp3) is 0.174. The Bertz CT molecular complexity index is 1310. The summed E-state index contributed by atoms with van der Waals surface area (Å²) in [5.41, 5.74) is 7.78. The second-order valence-electron chi connectivity index (χ2n) is 7.69. The number of hydrogen-bond donors (Lipinski definition) is 3. The van der Waals surface area contributed by atoms with Crippen molar-refractivity contribution in [1.82, 2.24) is 25.1 Å². The minimum Gasteiger partial charge on any atom is -0.439 e. The Kier molecular flexibility index (Phi) is 6.15. The third-order valence-corrected chi connectivity index (χ3v) is 5.39. The molecule has 9 nitrogen and oxygen atoms in total. The molecule has 4 N–H and O–H groups in total. The molecule has 2 heterocycles. The van der Waals surface area contributed by atoms with E-state index in [1.165, 1.54) is 11.8 Å². The van der Waals surface area contributed by atoms with Crippen molar-refractivity contribution in [1.29, 1.82) is 5.26 Å². The maximum atomic E-state index is 9.37. The van der Waals surface area contributed by atoms with Gasteiger partial charge in [-0.3, -0.25) is 5.10 Å². The summed E-state index contributed by atoms with van der Waals surface area (Å²) in [6.07, 6.45) is 1.87. The lowest BCUT2D eigenvalue weighted by atomic mass is 9.86. The topological polar surface area (TPSA) is 138 Å². The molecule has 2 aromatic heterocycles. The number of aromatic nitrogens is 5. The summed E-state index contributed by atoms with van der Waals surface area (Å²) in [6, 6.07) is 18.9. The SMILES string of the molecule is CSc1nc(N)cc(Oc2ccc(-c3nc(Nc4cccc(C(C)(C)C#N)c4)n[nH]3)cc2)n1. The first-order valence-electron chi connectivity index (χ1n) is 10.0. The first-order chi connectivity index (χ1) is 15.9. The quantitative estimate of drug-likeness (QED) is 0.260. The highest BCUT2D eigenvalue weighted by molar-refractivity contribution is 7.98. The van der Waals surface area contributed by atoms with Crippen LogP contribution >= 0.6 is 11.8 Å². The second-order valence-corrected chi connectivity index (χ2v) is 8.47. The molecular weight excluding hydrogens is 436 g/mol. The minimum atomic E-state index is -0.583. The molecule has 4 rings (SSSR count). The molecule has 166 valence electrons. The predicted octanol–water partition coefficient (Wildman–Crippen LogP) is 4.90. The number of benzene rings is 2. The van der Waals surface area contributed by atoms with Crippen LogP contribution in [-0.4, -0.2) is 31.4 Å². The highest BCUT2D eigenvalue weighted by Gasteiger charge is 2.20. The van der Waals surface area contributed by atoms with Gasteiger partial charge in [-0.2, -0.15) is 15.2 Å². The smallest absolute Gasteiger partial charge is 0.246 e. The lowest BCUT2D eigenvalue weighted by Crippen LogP contribution is -2.13. The zero-order valence-corrected chi connectivity index (χ0v) is 19.1. The zero-order chi connectivity index (χ0) is 23.4. The molecule has 0 aliphatic heterocycles. The van der Waals surface area contributed by atoms with E-state index in [1.54, 1.807) is 6.07 Å². The average molecular weight is 459 g/mol. The van der Waals surface area contributed by atoms with Crippen molar-refractivity contribution in [2.45, 2.75) is 24.4 Å². The summed E-state index contributed by atoms with van der Waals surface area (Å²) >= 11 is 1.39. The summed E-state index contributed by atoms with van der Waals surface area (Å²) in [5, 5.41) is 20.3. The molecule has 0 aliphatic carbocycles. The van der Waals surface area contributed by atoms with Crippen LogP contribution in [-0.2, 0) is 5.41 Å². The number of nitrogens with two attached hydrogens (primary N) is 1. The first kappa shape index (κ1) is 22.1. The van der Waals surface area contributed by atoms with E-state index in [1.807, 2.05) is 68.6 Å². The second kappa shape index (κ2) is 9.18. The molecule has 4 aromatic rings. The fourth-order valence-electron chi connectivity index (χ4n) is 2.99. The first-order valence-corrected chi connectivity index (χ1v) is 11.3. The Morgan fingerprint density at radius 3 is 2.61 bits per heavy atom. The average Bonchev–Trinajstić information content (AvgIpc) is 3.27. The lowest BCUT2D eigenvalue weighted by molar-refractivity contribution is 0.456. The van der Waals surface area contributed by atoms with Gasteiger partial charge in [0, 0.05) is 17.3 Å². The van der Waals surface area contributed by atoms with Crippen molar-refractivity contribution in [2.75, 3.05) is 17.3 Å². The number of nitrogens with one attached hydrogen (secondary N) is 2. The molecule has 0 fully saturated rings. The molecule has 0 amide bonds. The van der Waals surface area contributed by atoms with Crippen LogP contribution in [0, 0.1) is 11.3 Å². The van der Waals surface area contributed by atoms with Gasteiger partial charge in [0.25, 0.3) is 0 Å². The number of rotatable bonds is 7. The molecule has 10 heteroatoms. The number of thioether (sulfide) groups is 1. The van der Waals surface area contributed by atoms with Crippen LogP contribution in [0.4, 0.5) is 17.5 Å². The standard InChI is InChI=1S/C23H22N8OS/c1-23(2,13-24)15-5-4-6-16(11-15)26-21-29-20(30-31-21)14-7-9-17(10-8-14)32-19-12-18(25)27-22(28-19)33-3/h4-12H,1-3H3,(H2,25,27,28)(H2,26,29,30,31). The molecule has 0 spiro atoms. The van der Waals surface area contributed by atoms with Gasteiger partial charge in [0.1, 0.15) is 11.6 Å². The van der Waals surface area contributed by atoms with E-state index in [2.05, 4.69) is 36.5 Å². The lowest BCUT2D eigenvalue weighted by Gasteiger charge is -2.16.